The summed E-state index contributed by atoms with van der Waals surface area (Å²) in [5.41, 5.74) is -0.737. The lowest BCUT2D eigenvalue weighted by molar-refractivity contribution is -0.137. The second-order valence-electron chi connectivity index (χ2n) is 10.1. The average Bonchev–Trinajstić information content (AvgIpc) is 2.78. The number of halogens is 3. The Hall–Kier alpha value is -1.52. The normalized spacial score (nSPS) is 26.6. The predicted molar refractivity (Wildman–Crippen MR) is 121 cm³/mol. The van der Waals surface area contributed by atoms with Crippen molar-refractivity contribution in [2.24, 2.45) is 23.7 Å². The number of rotatable bonds is 9. The van der Waals surface area contributed by atoms with E-state index in [1.807, 2.05) is 0 Å². The Labute approximate surface area is 191 Å². The van der Waals surface area contributed by atoms with E-state index in [0.717, 1.165) is 36.3 Å². The molecular weight excluding hydrogens is 413 g/mol. The molecule has 0 heterocycles. The fourth-order valence-corrected chi connectivity index (χ4v) is 5.80. The van der Waals surface area contributed by atoms with E-state index in [1.165, 1.54) is 89.2 Å². The molecule has 0 aromatic heterocycles. The van der Waals surface area contributed by atoms with Gasteiger partial charge in [-0.15, -0.1) is 0 Å². The Bertz CT molecular complexity index is 682. The molecule has 2 nitrogen and oxygen atoms in total. The molecule has 3 rings (SSSR count). The molecule has 1 aromatic carbocycles. The van der Waals surface area contributed by atoms with Gasteiger partial charge >= 0.3 is 12.1 Å². The first-order chi connectivity index (χ1) is 15.3. The molecule has 2 fully saturated rings. The second-order valence-corrected chi connectivity index (χ2v) is 10.1. The minimum Gasteiger partial charge on any atom is -0.427 e. The first kappa shape index (κ1) is 25.1. The van der Waals surface area contributed by atoms with Crippen LogP contribution in [0.5, 0.6) is 5.75 Å². The number of carbonyl (C=O) groups is 1. The van der Waals surface area contributed by atoms with Gasteiger partial charge in [0, 0.05) is 6.42 Å². The zero-order valence-electron chi connectivity index (χ0n) is 19.5. The molecule has 32 heavy (non-hydrogen) atoms. The number of ether oxygens (including phenoxy) is 1. The van der Waals surface area contributed by atoms with E-state index in [1.54, 1.807) is 0 Å². The highest BCUT2D eigenvalue weighted by atomic mass is 19.4. The van der Waals surface area contributed by atoms with Crippen LogP contribution in [0.25, 0.3) is 0 Å². The van der Waals surface area contributed by atoms with Crippen LogP contribution < -0.4 is 4.74 Å². The van der Waals surface area contributed by atoms with Crippen LogP contribution in [-0.4, -0.2) is 5.97 Å². The SMILES string of the molecule is CCCCC[C@H]1CC[C@H]([C@H]2CC[C@H](CCC(=O)Oc3ccc(C(F)(F)F)cc3)CC2)CC1. The van der Waals surface area contributed by atoms with Gasteiger partial charge in [0.05, 0.1) is 5.56 Å². The van der Waals surface area contributed by atoms with Gasteiger partial charge in [0.1, 0.15) is 5.75 Å². The summed E-state index contributed by atoms with van der Waals surface area (Å²) in [4.78, 5) is 12.1. The quantitative estimate of drug-likeness (QED) is 0.213. The summed E-state index contributed by atoms with van der Waals surface area (Å²) >= 11 is 0. The molecule has 0 atom stereocenters. The van der Waals surface area contributed by atoms with Crippen molar-refractivity contribution in [1.29, 1.82) is 0 Å². The van der Waals surface area contributed by atoms with E-state index in [2.05, 4.69) is 6.92 Å². The molecule has 0 N–H and O–H groups in total. The fraction of sp³-hybridized carbons (Fsp3) is 0.741. The lowest BCUT2D eigenvalue weighted by Gasteiger charge is -2.38. The number of benzene rings is 1. The maximum absolute atomic E-state index is 12.6. The molecule has 2 saturated carbocycles. The Morgan fingerprint density at radius 3 is 1.88 bits per heavy atom. The molecule has 0 bridgehead atoms. The van der Waals surface area contributed by atoms with Crippen molar-refractivity contribution in [3.05, 3.63) is 29.8 Å². The summed E-state index contributed by atoms with van der Waals surface area (Å²) in [6, 6.07) is 4.32. The minimum absolute atomic E-state index is 0.178. The fourth-order valence-electron chi connectivity index (χ4n) is 5.80. The zero-order chi connectivity index (χ0) is 23.0. The number of carbonyl (C=O) groups excluding carboxylic acids is 1. The smallest absolute Gasteiger partial charge is 0.416 e. The topological polar surface area (TPSA) is 26.3 Å². The highest BCUT2D eigenvalue weighted by molar-refractivity contribution is 5.72. The molecule has 2 aliphatic rings. The zero-order valence-corrected chi connectivity index (χ0v) is 19.5. The van der Waals surface area contributed by atoms with Crippen LogP contribution in [0.1, 0.15) is 102 Å². The number of hydrogen-bond donors (Lipinski definition) is 0. The maximum Gasteiger partial charge on any atom is 0.416 e. The summed E-state index contributed by atoms with van der Waals surface area (Å²) in [7, 11) is 0. The van der Waals surface area contributed by atoms with Crippen LogP contribution >= 0.6 is 0 Å². The predicted octanol–water partition coefficient (Wildman–Crippen LogP) is 8.58. The van der Waals surface area contributed by atoms with E-state index in [4.69, 9.17) is 4.74 Å². The van der Waals surface area contributed by atoms with Crippen LogP contribution in [0, 0.1) is 23.7 Å². The third-order valence-corrected chi connectivity index (χ3v) is 7.84. The van der Waals surface area contributed by atoms with Crippen molar-refractivity contribution in [2.75, 3.05) is 0 Å². The molecule has 180 valence electrons. The van der Waals surface area contributed by atoms with Crippen molar-refractivity contribution >= 4 is 5.97 Å². The molecular formula is C27H39F3O2. The van der Waals surface area contributed by atoms with Gasteiger partial charge in [-0.05, 0) is 80.0 Å². The average molecular weight is 453 g/mol. The van der Waals surface area contributed by atoms with Gasteiger partial charge in [0.15, 0.2) is 0 Å². The monoisotopic (exact) mass is 452 g/mol. The van der Waals surface area contributed by atoms with Crippen molar-refractivity contribution in [1.82, 2.24) is 0 Å². The van der Waals surface area contributed by atoms with Crippen LogP contribution in [-0.2, 0) is 11.0 Å². The van der Waals surface area contributed by atoms with Crippen molar-refractivity contribution in [3.8, 4) is 5.75 Å². The Kier molecular flexibility index (Phi) is 9.48. The number of hydrogen-bond acceptors (Lipinski definition) is 2. The van der Waals surface area contributed by atoms with Crippen molar-refractivity contribution in [3.63, 3.8) is 0 Å². The van der Waals surface area contributed by atoms with Crippen LogP contribution in [0.15, 0.2) is 24.3 Å². The third-order valence-electron chi connectivity index (χ3n) is 7.84. The lowest BCUT2D eigenvalue weighted by atomic mass is 9.68. The van der Waals surface area contributed by atoms with Crippen molar-refractivity contribution in [2.45, 2.75) is 103 Å². The van der Waals surface area contributed by atoms with E-state index in [9.17, 15) is 18.0 Å². The van der Waals surface area contributed by atoms with E-state index >= 15 is 0 Å². The van der Waals surface area contributed by atoms with Gasteiger partial charge in [0.2, 0.25) is 0 Å². The van der Waals surface area contributed by atoms with Gasteiger partial charge in [-0.2, -0.15) is 13.2 Å². The van der Waals surface area contributed by atoms with E-state index < -0.39 is 11.7 Å². The molecule has 0 amide bonds. The van der Waals surface area contributed by atoms with Gasteiger partial charge in [-0.1, -0.05) is 58.3 Å². The summed E-state index contributed by atoms with van der Waals surface area (Å²) < 4.78 is 43.1. The van der Waals surface area contributed by atoms with Crippen molar-refractivity contribution < 1.29 is 22.7 Å². The van der Waals surface area contributed by atoms with Gasteiger partial charge in [-0.3, -0.25) is 4.79 Å². The standard InChI is InChI=1S/C27H39F3O2/c1-2-3-4-5-20-6-11-22(12-7-20)23-13-8-21(9-14-23)10-19-26(31)32-25-17-15-24(16-18-25)27(28,29)30/h15-18,20-23H,2-14,19H2,1H3/t20-,21-,22-,23-. The summed E-state index contributed by atoms with van der Waals surface area (Å²) in [6.07, 6.45) is 12.9. The Morgan fingerprint density at radius 1 is 0.844 bits per heavy atom. The first-order valence-corrected chi connectivity index (χ1v) is 12.7. The van der Waals surface area contributed by atoms with Crippen LogP contribution in [0.2, 0.25) is 0 Å². The molecule has 1 aromatic rings. The largest absolute Gasteiger partial charge is 0.427 e. The molecule has 0 radical (unpaired) electrons. The third kappa shape index (κ3) is 7.81. The van der Waals surface area contributed by atoms with Gasteiger partial charge < -0.3 is 4.74 Å². The van der Waals surface area contributed by atoms with Gasteiger partial charge in [0.25, 0.3) is 0 Å². The Balaban J connectivity index is 1.31. The van der Waals surface area contributed by atoms with E-state index in [-0.39, 0.29) is 11.7 Å². The minimum atomic E-state index is -4.38. The highest BCUT2D eigenvalue weighted by Crippen LogP contribution is 2.43. The number of alkyl halides is 3. The molecule has 5 heteroatoms. The summed E-state index contributed by atoms with van der Waals surface area (Å²) in [6.45, 7) is 2.27. The highest BCUT2D eigenvalue weighted by Gasteiger charge is 2.31. The molecule has 0 spiro atoms. The molecule has 0 saturated heterocycles. The molecule has 0 aliphatic heterocycles. The molecule has 0 unspecified atom stereocenters. The molecule has 2 aliphatic carbocycles. The number of unbranched alkanes of at least 4 members (excludes halogenated alkanes) is 2. The van der Waals surface area contributed by atoms with E-state index in [0.29, 0.717) is 12.3 Å². The second kappa shape index (κ2) is 12.1. The van der Waals surface area contributed by atoms with Gasteiger partial charge in [-0.25, -0.2) is 0 Å². The van der Waals surface area contributed by atoms with Crippen LogP contribution in [0.4, 0.5) is 13.2 Å². The number of esters is 1. The summed E-state index contributed by atoms with van der Waals surface area (Å²) in [5, 5.41) is 0. The summed E-state index contributed by atoms with van der Waals surface area (Å²) in [5.74, 6) is 3.12. The Morgan fingerprint density at radius 2 is 1.38 bits per heavy atom. The maximum atomic E-state index is 12.6. The lowest BCUT2D eigenvalue weighted by Crippen LogP contribution is -2.26. The first-order valence-electron chi connectivity index (χ1n) is 12.7. The van der Waals surface area contributed by atoms with Crippen LogP contribution in [0.3, 0.4) is 0 Å².